The van der Waals surface area contributed by atoms with E-state index in [-0.39, 0.29) is 11.9 Å². The van der Waals surface area contributed by atoms with Gasteiger partial charge in [-0.1, -0.05) is 17.8 Å². The number of aromatic nitrogens is 3. The van der Waals surface area contributed by atoms with E-state index in [4.69, 9.17) is 4.42 Å². The van der Waals surface area contributed by atoms with E-state index in [1.54, 1.807) is 6.26 Å². The van der Waals surface area contributed by atoms with E-state index in [0.29, 0.717) is 11.0 Å². The summed E-state index contributed by atoms with van der Waals surface area (Å²) in [6.07, 6.45) is 6.73. The maximum absolute atomic E-state index is 10.6. The van der Waals surface area contributed by atoms with E-state index in [0.717, 1.165) is 17.2 Å². The van der Waals surface area contributed by atoms with Gasteiger partial charge in [0.1, 0.15) is 18.1 Å². The Morgan fingerprint density at radius 2 is 2.36 bits per heavy atom. The van der Waals surface area contributed by atoms with Crippen molar-refractivity contribution < 1.29 is 9.52 Å². The molecule has 0 aliphatic carbocycles. The third-order valence-electron chi connectivity index (χ3n) is 4.39. The van der Waals surface area contributed by atoms with Crippen LogP contribution in [-0.4, -0.2) is 37.2 Å². The summed E-state index contributed by atoms with van der Waals surface area (Å²) in [6.45, 7) is 3.24. The van der Waals surface area contributed by atoms with Crippen LogP contribution in [0, 0.1) is 0 Å². The van der Waals surface area contributed by atoms with Crippen LogP contribution in [0.1, 0.15) is 42.9 Å². The summed E-state index contributed by atoms with van der Waals surface area (Å²) >= 11 is 1.47. The van der Waals surface area contributed by atoms with Crippen molar-refractivity contribution in [3.8, 4) is 5.88 Å². The number of fused-ring (bicyclic) bond motifs is 1. The van der Waals surface area contributed by atoms with Gasteiger partial charge in [0, 0.05) is 6.04 Å². The maximum Gasteiger partial charge on any atom is 0.230 e. The summed E-state index contributed by atoms with van der Waals surface area (Å²) in [6, 6.07) is 4.23. The van der Waals surface area contributed by atoms with Crippen LogP contribution in [0.4, 0.5) is 0 Å². The molecule has 7 heteroatoms. The molecule has 1 N–H and O–H groups in total. The SMILES string of the molecule is CC1CCCCN1C(c1ccco1)c1sc2ncnn2c1O. The van der Waals surface area contributed by atoms with Crippen molar-refractivity contribution in [2.75, 3.05) is 6.54 Å². The zero-order chi connectivity index (χ0) is 15.1. The molecule has 2 atom stereocenters. The predicted molar refractivity (Wildman–Crippen MR) is 83.1 cm³/mol. The van der Waals surface area contributed by atoms with Crippen molar-refractivity contribution in [3.63, 3.8) is 0 Å². The highest BCUT2D eigenvalue weighted by Gasteiger charge is 2.34. The van der Waals surface area contributed by atoms with Crippen molar-refractivity contribution in [2.24, 2.45) is 0 Å². The summed E-state index contributed by atoms with van der Waals surface area (Å²) in [7, 11) is 0. The molecule has 0 amide bonds. The lowest BCUT2D eigenvalue weighted by Crippen LogP contribution is -2.40. The van der Waals surface area contributed by atoms with Crippen LogP contribution in [-0.2, 0) is 0 Å². The lowest BCUT2D eigenvalue weighted by molar-refractivity contribution is 0.112. The molecule has 4 rings (SSSR count). The number of rotatable bonds is 3. The normalized spacial score (nSPS) is 21.4. The van der Waals surface area contributed by atoms with Crippen LogP contribution in [0.25, 0.3) is 4.96 Å². The Bertz CT molecular complexity index is 764. The predicted octanol–water partition coefficient (Wildman–Crippen LogP) is 3.05. The summed E-state index contributed by atoms with van der Waals surface area (Å²) < 4.78 is 7.17. The molecule has 0 spiro atoms. The first-order valence-electron chi connectivity index (χ1n) is 7.56. The average Bonchev–Trinajstić information content (AvgIpc) is 3.23. The Morgan fingerprint density at radius 1 is 1.45 bits per heavy atom. The number of thiazole rings is 1. The molecule has 3 aromatic rings. The van der Waals surface area contributed by atoms with E-state index in [9.17, 15) is 5.11 Å². The Morgan fingerprint density at radius 3 is 3.09 bits per heavy atom. The van der Waals surface area contributed by atoms with E-state index in [1.807, 2.05) is 12.1 Å². The molecule has 0 radical (unpaired) electrons. The van der Waals surface area contributed by atoms with E-state index in [1.165, 1.54) is 41.4 Å². The van der Waals surface area contributed by atoms with Crippen molar-refractivity contribution in [1.82, 2.24) is 19.5 Å². The topological polar surface area (TPSA) is 66.8 Å². The van der Waals surface area contributed by atoms with Gasteiger partial charge in [-0.3, -0.25) is 4.90 Å². The van der Waals surface area contributed by atoms with Gasteiger partial charge >= 0.3 is 0 Å². The molecule has 2 unspecified atom stereocenters. The third kappa shape index (κ3) is 2.12. The fourth-order valence-electron chi connectivity index (χ4n) is 3.27. The Balaban J connectivity index is 1.83. The molecule has 1 aliphatic rings. The molecule has 6 nitrogen and oxygen atoms in total. The second kappa shape index (κ2) is 5.40. The maximum atomic E-state index is 10.6. The molecule has 1 saturated heterocycles. The van der Waals surface area contributed by atoms with Gasteiger partial charge in [-0.2, -0.15) is 9.61 Å². The molecule has 22 heavy (non-hydrogen) atoms. The average molecular weight is 318 g/mol. The van der Waals surface area contributed by atoms with Crippen molar-refractivity contribution in [2.45, 2.75) is 38.3 Å². The van der Waals surface area contributed by atoms with Crippen LogP contribution < -0.4 is 0 Å². The van der Waals surface area contributed by atoms with Gasteiger partial charge in [0.2, 0.25) is 10.8 Å². The summed E-state index contributed by atoms with van der Waals surface area (Å²) in [5.41, 5.74) is 0. The van der Waals surface area contributed by atoms with Gasteiger partial charge in [0.15, 0.2) is 0 Å². The third-order valence-corrected chi connectivity index (χ3v) is 5.47. The first-order valence-corrected chi connectivity index (χ1v) is 8.38. The number of aromatic hydroxyl groups is 1. The zero-order valence-corrected chi connectivity index (χ0v) is 13.2. The molecule has 0 bridgehead atoms. The Hall–Kier alpha value is -1.86. The van der Waals surface area contributed by atoms with Gasteiger partial charge in [0.25, 0.3) is 0 Å². The van der Waals surface area contributed by atoms with Gasteiger partial charge in [-0.05, 0) is 38.4 Å². The molecule has 4 heterocycles. The number of hydrogen-bond acceptors (Lipinski definition) is 6. The number of hydrogen-bond donors (Lipinski definition) is 1. The second-order valence-electron chi connectivity index (χ2n) is 5.74. The standard InChI is InChI=1S/C15H18N4O2S/c1-10-5-2-3-7-18(10)12(11-6-4-8-21-11)13-14(20)19-15(22-13)16-9-17-19/h4,6,8-10,12,20H,2-3,5,7H2,1H3. The molecule has 1 aliphatic heterocycles. The molecule has 3 aromatic heterocycles. The number of piperidine rings is 1. The molecule has 1 fully saturated rings. The lowest BCUT2D eigenvalue weighted by atomic mass is 9.99. The summed E-state index contributed by atoms with van der Waals surface area (Å²) in [5.74, 6) is 1.02. The highest BCUT2D eigenvalue weighted by atomic mass is 32.1. The van der Waals surface area contributed by atoms with E-state index >= 15 is 0 Å². The fraction of sp³-hybridized carbons (Fsp3) is 0.467. The Kier molecular flexibility index (Phi) is 3.38. The molecule has 116 valence electrons. The Labute approximate surface area is 132 Å². The number of furan rings is 1. The van der Waals surface area contributed by atoms with Crippen molar-refractivity contribution in [3.05, 3.63) is 35.4 Å². The van der Waals surface area contributed by atoms with Crippen LogP contribution >= 0.6 is 11.3 Å². The van der Waals surface area contributed by atoms with E-state index < -0.39 is 0 Å². The minimum absolute atomic E-state index is 0.0844. The van der Waals surface area contributed by atoms with Crippen LogP contribution in [0.2, 0.25) is 0 Å². The molecular formula is C15H18N4O2S. The van der Waals surface area contributed by atoms with Crippen LogP contribution in [0.5, 0.6) is 5.88 Å². The number of likely N-dealkylation sites (tertiary alicyclic amines) is 1. The summed E-state index contributed by atoms with van der Waals surface area (Å²) in [5, 5.41) is 14.7. The van der Waals surface area contributed by atoms with Crippen LogP contribution in [0.15, 0.2) is 29.1 Å². The minimum atomic E-state index is -0.0844. The van der Waals surface area contributed by atoms with Gasteiger partial charge in [-0.25, -0.2) is 4.98 Å². The highest BCUT2D eigenvalue weighted by Crippen LogP contribution is 2.41. The van der Waals surface area contributed by atoms with Gasteiger partial charge < -0.3 is 9.52 Å². The highest BCUT2D eigenvalue weighted by molar-refractivity contribution is 7.17. The monoisotopic (exact) mass is 318 g/mol. The fourth-order valence-corrected chi connectivity index (χ4v) is 4.32. The zero-order valence-electron chi connectivity index (χ0n) is 12.3. The van der Waals surface area contributed by atoms with Gasteiger partial charge in [0.05, 0.1) is 11.1 Å². The number of nitrogens with zero attached hydrogens (tertiary/aromatic N) is 4. The molecule has 0 saturated carbocycles. The second-order valence-corrected chi connectivity index (χ2v) is 6.75. The van der Waals surface area contributed by atoms with Crippen molar-refractivity contribution in [1.29, 1.82) is 0 Å². The minimum Gasteiger partial charge on any atom is -0.492 e. The lowest BCUT2D eigenvalue weighted by Gasteiger charge is -2.38. The van der Waals surface area contributed by atoms with Crippen molar-refractivity contribution >= 4 is 16.3 Å². The molecular weight excluding hydrogens is 300 g/mol. The largest absolute Gasteiger partial charge is 0.492 e. The van der Waals surface area contributed by atoms with E-state index in [2.05, 4.69) is 21.9 Å². The first-order chi connectivity index (χ1) is 10.8. The quantitative estimate of drug-likeness (QED) is 0.804. The van der Waals surface area contributed by atoms with Gasteiger partial charge in [-0.15, -0.1) is 0 Å². The summed E-state index contributed by atoms with van der Waals surface area (Å²) in [4.78, 5) is 8.15. The van der Waals surface area contributed by atoms with Crippen LogP contribution in [0.3, 0.4) is 0 Å². The smallest absolute Gasteiger partial charge is 0.230 e. The molecule has 0 aromatic carbocycles. The first kappa shape index (κ1) is 13.8.